The zero-order chi connectivity index (χ0) is 12.0. The number of halogens is 1. The summed E-state index contributed by atoms with van der Waals surface area (Å²) in [4.78, 5) is 16.5. The Balaban J connectivity index is 2.31. The predicted molar refractivity (Wildman–Crippen MR) is 67.5 cm³/mol. The third-order valence-electron chi connectivity index (χ3n) is 3.59. The van der Waals surface area contributed by atoms with E-state index in [0.717, 1.165) is 24.0 Å². The van der Waals surface area contributed by atoms with Gasteiger partial charge >= 0.3 is 5.69 Å². The normalized spacial score (nSPS) is 17.1. The zero-order valence-electron chi connectivity index (χ0n) is 9.69. The molecule has 0 amide bonds. The molecule has 1 aliphatic carbocycles. The highest BCUT2D eigenvalue weighted by atomic mass is 35.5. The molecule has 2 heterocycles. The minimum absolute atomic E-state index is 0.0154. The van der Waals surface area contributed by atoms with Gasteiger partial charge in [0, 0.05) is 13.1 Å². The molecule has 0 aliphatic heterocycles. The Morgan fingerprint density at radius 2 is 2.06 bits per heavy atom. The van der Waals surface area contributed by atoms with Crippen LogP contribution in [0.2, 0.25) is 5.15 Å². The number of pyridine rings is 1. The van der Waals surface area contributed by atoms with E-state index in [1.54, 1.807) is 17.7 Å². The first-order valence-electron chi connectivity index (χ1n) is 5.92. The topological polar surface area (TPSA) is 39.8 Å². The summed E-state index contributed by atoms with van der Waals surface area (Å²) in [5.74, 6) is 0. The highest BCUT2D eigenvalue weighted by Crippen LogP contribution is 2.30. The lowest BCUT2D eigenvalue weighted by Gasteiger charge is -2.10. The van der Waals surface area contributed by atoms with E-state index in [1.165, 1.54) is 12.8 Å². The molecule has 90 valence electrons. The monoisotopic (exact) mass is 251 g/mol. The number of rotatable bonds is 1. The van der Waals surface area contributed by atoms with Crippen LogP contribution >= 0.6 is 11.6 Å². The van der Waals surface area contributed by atoms with E-state index >= 15 is 0 Å². The molecule has 1 saturated carbocycles. The molecular formula is C12H14ClN3O. The molecule has 2 aromatic heterocycles. The van der Waals surface area contributed by atoms with Crippen LogP contribution in [0.3, 0.4) is 0 Å². The van der Waals surface area contributed by atoms with E-state index in [2.05, 4.69) is 4.98 Å². The van der Waals surface area contributed by atoms with Gasteiger partial charge in [-0.05, 0) is 25.0 Å². The largest absolute Gasteiger partial charge is 0.330 e. The van der Waals surface area contributed by atoms with Crippen molar-refractivity contribution in [1.29, 1.82) is 0 Å². The maximum absolute atomic E-state index is 12.2. The molecule has 0 bridgehead atoms. The van der Waals surface area contributed by atoms with Gasteiger partial charge < -0.3 is 0 Å². The summed E-state index contributed by atoms with van der Waals surface area (Å²) in [5, 5.41) is 0.440. The van der Waals surface area contributed by atoms with Crippen molar-refractivity contribution in [3.8, 4) is 0 Å². The van der Waals surface area contributed by atoms with E-state index in [1.807, 2.05) is 10.6 Å². The summed E-state index contributed by atoms with van der Waals surface area (Å²) in [6.45, 7) is 0. The van der Waals surface area contributed by atoms with Gasteiger partial charge in [-0.2, -0.15) is 0 Å². The van der Waals surface area contributed by atoms with Gasteiger partial charge in [0.15, 0.2) is 5.65 Å². The summed E-state index contributed by atoms with van der Waals surface area (Å²) in [5.41, 5.74) is 1.59. The first-order chi connectivity index (χ1) is 8.18. The van der Waals surface area contributed by atoms with Crippen LogP contribution in [0.15, 0.2) is 16.9 Å². The molecule has 0 radical (unpaired) electrons. The average molecular weight is 252 g/mol. The van der Waals surface area contributed by atoms with Gasteiger partial charge in [0.2, 0.25) is 0 Å². The average Bonchev–Trinajstić information content (AvgIpc) is 2.88. The molecule has 0 aromatic carbocycles. The molecule has 5 heteroatoms. The Labute approximate surface area is 104 Å². The van der Waals surface area contributed by atoms with E-state index in [9.17, 15) is 4.79 Å². The van der Waals surface area contributed by atoms with E-state index in [-0.39, 0.29) is 11.7 Å². The number of hydrogen-bond donors (Lipinski definition) is 0. The van der Waals surface area contributed by atoms with Crippen molar-refractivity contribution in [1.82, 2.24) is 14.1 Å². The van der Waals surface area contributed by atoms with E-state index < -0.39 is 0 Å². The standard InChI is InChI=1S/C12H14ClN3O/c1-15-9-6-7-10(13)14-11(9)16(12(15)17)8-4-2-3-5-8/h6-8H,2-5H2,1H3. The summed E-state index contributed by atoms with van der Waals surface area (Å²) < 4.78 is 3.46. The first kappa shape index (κ1) is 10.8. The van der Waals surface area contributed by atoms with Gasteiger partial charge in [0.25, 0.3) is 0 Å². The number of aromatic nitrogens is 3. The molecule has 1 aliphatic rings. The molecule has 17 heavy (non-hydrogen) atoms. The van der Waals surface area contributed by atoms with Crippen LogP contribution in [-0.4, -0.2) is 14.1 Å². The molecular weight excluding hydrogens is 238 g/mol. The van der Waals surface area contributed by atoms with Crippen LogP contribution in [0.1, 0.15) is 31.7 Å². The Morgan fingerprint density at radius 1 is 1.35 bits per heavy atom. The van der Waals surface area contributed by atoms with E-state index in [4.69, 9.17) is 11.6 Å². The minimum Gasteiger partial charge on any atom is -0.293 e. The Morgan fingerprint density at radius 3 is 2.76 bits per heavy atom. The van der Waals surface area contributed by atoms with Crippen LogP contribution < -0.4 is 5.69 Å². The third kappa shape index (κ3) is 1.59. The molecule has 0 N–H and O–H groups in total. The maximum Gasteiger partial charge on any atom is 0.330 e. The first-order valence-corrected chi connectivity index (χ1v) is 6.30. The SMILES string of the molecule is Cn1c(=O)n(C2CCCC2)c2nc(Cl)ccc21. The van der Waals surface area contributed by atoms with Crippen LogP contribution in [0.5, 0.6) is 0 Å². The lowest BCUT2D eigenvalue weighted by Crippen LogP contribution is -2.25. The van der Waals surface area contributed by atoms with E-state index in [0.29, 0.717) is 5.15 Å². The second-order valence-corrected chi connectivity index (χ2v) is 5.01. The Bertz CT molecular complexity index is 622. The van der Waals surface area contributed by atoms with Crippen molar-refractivity contribution in [3.63, 3.8) is 0 Å². The van der Waals surface area contributed by atoms with Gasteiger partial charge in [-0.3, -0.25) is 9.13 Å². The third-order valence-corrected chi connectivity index (χ3v) is 3.80. The zero-order valence-corrected chi connectivity index (χ0v) is 10.4. The number of hydrogen-bond acceptors (Lipinski definition) is 2. The van der Waals surface area contributed by atoms with Crippen LogP contribution in [0.25, 0.3) is 11.2 Å². The summed E-state index contributed by atoms with van der Waals surface area (Å²) in [6, 6.07) is 3.87. The van der Waals surface area contributed by atoms with Crippen molar-refractivity contribution >= 4 is 22.8 Å². The molecule has 2 aromatic rings. The van der Waals surface area contributed by atoms with Crippen LogP contribution in [-0.2, 0) is 7.05 Å². The maximum atomic E-state index is 12.2. The van der Waals surface area contributed by atoms with Gasteiger partial charge in [0.1, 0.15) is 5.15 Å². The van der Waals surface area contributed by atoms with Crippen molar-refractivity contribution in [3.05, 3.63) is 27.8 Å². The molecule has 4 nitrogen and oxygen atoms in total. The van der Waals surface area contributed by atoms with Gasteiger partial charge in [-0.1, -0.05) is 24.4 Å². The van der Waals surface area contributed by atoms with Crippen molar-refractivity contribution in [2.45, 2.75) is 31.7 Å². The fourth-order valence-electron chi connectivity index (χ4n) is 2.70. The molecule has 0 atom stereocenters. The fraction of sp³-hybridized carbons (Fsp3) is 0.500. The summed E-state index contributed by atoms with van der Waals surface area (Å²) in [6.07, 6.45) is 4.50. The number of imidazole rings is 1. The minimum atomic E-state index is 0.0154. The van der Waals surface area contributed by atoms with Crippen molar-refractivity contribution in [2.24, 2.45) is 7.05 Å². The van der Waals surface area contributed by atoms with Crippen molar-refractivity contribution in [2.75, 3.05) is 0 Å². The molecule has 1 fully saturated rings. The quantitative estimate of drug-likeness (QED) is 0.731. The van der Waals surface area contributed by atoms with Crippen LogP contribution in [0, 0.1) is 0 Å². The van der Waals surface area contributed by atoms with Crippen LogP contribution in [0.4, 0.5) is 0 Å². The molecule has 0 spiro atoms. The Hall–Kier alpha value is -1.29. The highest BCUT2D eigenvalue weighted by Gasteiger charge is 2.23. The lowest BCUT2D eigenvalue weighted by atomic mass is 10.2. The smallest absolute Gasteiger partial charge is 0.293 e. The number of aryl methyl sites for hydroxylation is 1. The molecule has 0 unspecified atom stereocenters. The van der Waals surface area contributed by atoms with Crippen molar-refractivity contribution < 1.29 is 0 Å². The summed E-state index contributed by atoms with van der Waals surface area (Å²) >= 11 is 5.92. The van der Waals surface area contributed by atoms with Gasteiger partial charge in [0.05, 0.1) is 5.52 Å². The fourth-order valence-corrected chi connectivity index (χ4v) is 2.85. The Kier molecular flexibility index (Phi) is 2.47. The second kappa shape index (κ2) is 3.88. The van der Waals surface area contributed by atoms with Gasteiger partial charge in [-0.25, -0.2) is 9.78 Å². The second-order valence-electron chi connectivity index (χ2n) is 4.63. The summed E-state index contributed by atoms with van der Waals surface area (Å²) in [7, 11) is 1.78. The lowest BCUT2D eigenvalue weighted by molar-refractivity contribution is 0.506. The molecule has 0 saturated heterocycles. The number of nitrogens with zero attached hydrogens (tertiary/aromatic N) is 3. The highest BCUT2D eigenvalue weighted by molar-refractivity contribution is 6.29. The van der Waals surface area contributed by atoms with Gasteiger partial charge in [-0.15, -0.1) is 0 Å². The molecule has 3 rings (SSSR count). The predicted octanol–water partition coefficient (Wildman–Crippen LogP) is 2.50. The number of fused-ring (bicyclic) bond motifs is 1.